The molecular formula is C19H23N7O. The molecule has 4 rings (SSSR count). The zero-order valence-electron chi connectivity index (χ0n) is 15.2. The number of hydrogen-bond acceptors (Lipinski definition) is 5. The maximum atomic E-state index is 12.4. The lowest BCUT2D eigenvalue weighted by Gasteiger charge is -2.34. The van der Waals surface area contributed by atoms with E-state index in [1.165, 1.54) is 0 Å². The molecule has 1 N–H and O–H groups in total. The minimum atomic E-state index is -0.000816. The van der Waals surface area contributed by atoms with Crippen LogP contribution in [0.3, 0.4) is 0 Å². The van der Waals surface area contributed by atoms with Gasteiger partial charge in [-0.2, -0.15) is 0 Å². The van der Waals surface area contributed by atoms with Gasteiger partial charge in [0.2, 0.25) is 5.95 Å². The van der Waals surface area contributed by atoms with Gasteiger partial charge < -0.3 is 19.7 Å². The van der Waals surface area contributed by atoms with E-state index in [9.17, 15) is 4.79 Å². The highest BCUT2D eigenvalue weighted by atomic mass is 16.2. The van der Waals surface area contributed by atoms with Crippen molar-refractivity contribution < 1.29 is 4.79 Å². The van der Waals surface area contributed by atoms with Crippen LogP contribution in [0.4, 0.5) is 10.7 Å². The summed E-state index contributed by atoms with van der Waals surface area (Å²) in [6.07, 6.45) is 6.21. The summed E-state index contributed by atoms with van der Waals surface area (Å²) < 4.78 is 2.13. The molecule has 0 saturated carbocycles. The summed E-state index contributed by atoms with van der Waals surface area (Å²) in [5.74, 6) is 0.727. The summed E-state index contributed by atoms with van der Waals surface area (Å²) in [6.45, 7) is 4.33. The van der Waals surface area contributed by atoms with Gasteiger partial charge in [0.1, 0.15) is 0 Å². The van der Waals surface area contributed by atoms with E-state index in [0.717, 1.165) is 43.0 Å². The molecule has 8 heteroatoms. The topological polar surface area (TPSA) is 79.2 Å². The van der Waals surface area contributed by atoms with E-state index in [0.29, 0.717) is 19.6 Å². The van der Waals surface area contributed by atoms with E-state index in [4.69, 9.17) is 0 Å². The highest BCUT2D eigenvalue weighted by Crippen LogP contribution is 2.12. The summed E-state index contributed by atoms with van der Waals surface area (Å²) in [5.41, 5.74) is 2.13. The van der Waals surface area contributed by atoms with Gasteiger partial charge in [0.25, 0.3) is 0 Å². The van der Waals surface area contributed by atoms with Crippen LogP contribution in [0.25, 0.3) is 11.0 Å². The van der Waals surface area contributed by atoms with Gasteiger partial charge in [-0.25, -0.2) is 19.7 Å². The lowest BCUT2D eigenvalue weighted by atomic mass is 10.3. The summed E-state index contributed by atoms with van der Waals surface area (Å²) in [4.78, 5) is 29.2. The van der Waals surface area contributed by atoms with Crippen LogP contribution in [0.1, 0.15) is 6.42 Å². The van der Waals surface area contributed by atoms with Crippen molar-refractivity contribution in [2.24, 2.45) is 0 Å². The van der Waals surface area contributed by atoms with E-state index in [-0.39, 0.29) is 6.03 Å². The van der Waals surface area contributed by atoms with Gasteiger partial charge in [-0.1, -0.05) is 12.1 Å². The second-order valence-electron chi connectivity index (χ2n) is 6.54. The third-order valence-corrected chi connectivity index (χ3v) is 4.78. The Bertz CT molecular complexity index is 887. The van der Waals surface area contributed by atoms with Crippen LogP contribution in [-0.2, 0) is 6.54 Å². The van der Waals surface area contributed by atoms with Crippen molar-refractivity contribution in [2.45, 2.75) is 13.0 Å². The molecule has 0 radical (unpaired) electrons. The molecule has 0 spiro atoms. The number of nitrogens with zero attached hydrogens (tertiary/aromatic N) is 6. The maximum absolute atomic E-state index is 12.4. The minimum absolute atomic E-state index is 0.000816. The van der Waals surface area contributed by atoms with Crippen molar-refractivity contribution in [3.63, 3.8) is 0 Å². The predicted octanol–water partition coefficient (Wildman–Crippen LogP) is 1.75. The SMILES string of the molecule is O=C(NCCCn1cnc2ccccc21)N1CCN(c2ncccn2)CC1. The van der Waals surface area contributed by atoms with E-state index >= 15 is 0 Å². The molecule has 1 aliphatic heterocycles. The van der Waals surface area contributed by atoms with Gasteiger partial charge >= 0.3 is 6.03 Å². The summed E-state index contributed by atoms with van der Waals surface area (Å²) in [6, 6.07) is 9.88. The van der Waals surface area contributed by atoms with Crippen LogP contribution in [-0.4, -0.2) is 63.2 Å². The quantitative estimate of drug-likeness (QED) is 0.697. The molecule has 3 aromatic rings. The number of carbonyl (C=O) groups excluding carboxylic acids is 1. The van der Waals surface area contributed by atoms with Crippen LogP contribution in [0.15, 0.2) is 49.1 Å². The molecule has 140 valence electrons. The standard InChI is InChI=1S/C19H23N7O/c27-19(25-13-11-24(12-14-25)18-20-7-3-8-21-18)22-9-4-10-26-15-23-16-5-1-2-6-17(16)26/h1-3,5-8,15H,4,9-14H2,(H,22,27). The third kappa shape index (κ3) is 3.99. The Labute approximate surface area is 157 Å². The number of carbonyl (C=O) groups is 1. The second-order valence-corrected chi connectivity index (χ2v) is 6.54. The summed E-state index contributed by atoms with van der Waals surface area (Å²) >= 11 is 0. The van der Waals surface area contributed by atoms with Crippen LogP contribution >= 0.6 is 0 Å². The smallest absolute Gasteiger partial charge is 0.317 e. The number of benzene rings is 1. The van der Waals surface area contributed by atoms with Crippen LogP contribution in [0.2, 0.25) is 0 Å². The minimum Gasteiger partial charge on any atom is -0.338 e. The Morgan fingerprint density at radius 2 is 1.78 bits per heavy atom. The molecule has 0 bridgehead atoms. The van der Waals surface area contributed by atoms with E-state index in [1.54, 1.807) is 18.5 Å². The first-order chi connectivity index (χ1) is 13.3. The fourth-order valence-electron chi connectivity index (χ4n) is 3.31. The molecule has 0 unspecified atom stereocenters. The van der Waals surface area contributed by atoms with Crippen LogP contribution < -0.4 is 10.2 Å². The Morgan fingerprint density at radius 3 is 2.59 bits per heavy atom. The van der Waals surface area contributed by atoms with Gasteiger partial charge in [0.15, 0.2) is 0 Å². The maximum Gasteiger partial charge on any atom is 0.317 e. The molecule has 1 fully saturated rings. The molecule has 3 heterocycles. The molecule has 2 amide bonds. The zero-order chi connectivity index (χ0) is 18.5. The number of aromatic nitrogens is 4. The van der Waals surface area contributed by atoms with E-state index in [2.05, 4.69) is 35.8 Å². The molecule has 27 heavy (non-hydrogen) atoms. The second kappa shape index (κ2) is 8.03. The normalized spacial score (nSPS) is 14.5. The molecule has 2 aromatic heterocycles. The third-order valence-electron chi connectivity index (χ3n) is 4.78. The van der Waals surface area contributed by atoms with Gasteiger partial charge in [-0.15, -0.1) is 0 Å². The largest absolute Gasteiger partial charge is 0.338 e. The van der Waals surface area contributed by atoms with Crippen molar-refractivity contribution in [1.29, 1.82) is 0 Å². The number of para-hydroxylation sites is 2. The molecule has 1 aromatic carbocycles. The lowest BCUT2D eigenvalue weighted by Crippen LogP contribution is -2.52. The van der Waals surface area contributed by atoms with E-state index in [1.807, 2.05) is 29.4 Å². The average Bonchev–Trinajstić information content (AvgIpc) is 3.15. The van der Waals surface area contributed by atoms with Gasteiger partial charge in [0, 0.05) is 51.7 Å². The first kappa shape index (κ1) is 17.3. The number of hydrogen-bond donors (Lipinski definition) is 1. The Balaban J connectivity index is 1.20. The fourth-order valence-corrected chi connectivity index (χ4v) is 3.31. The average molecular weight is 365 g/mol. The van der Waals surface area contributed by atoms with Crippen molar-refractivity contribution in [3.05, 3.63) is 49.1 Å². The fraction of sp³-hybridized carbons (Fsp3) is 0.368. The number of aryl methyl sites for hydroxylation is 1. The van der Waals surface area contributed by atoms with Crippen molar-refractivity contribution >= 4 is 23.0 Å². The van der Waals surface area contributed by atoms with Crippen molar-refractivity contribution in [1.82, 2.24) is 29.7 Å². The first-order valence-electron chi connectivity index (χ1n) is 9.26. The van der Waals surface area contributed by atoms with Crippen molar-refractivity contribution in [2.75, 3.05) is 37.6 Å². The van der Waals surface area contributed by atoms with Gasteiger partial charge in [-0.3, -0.25) is 0 Å². The van der Waals surface area contributed by atoms with Crippen molar-refractivity contribution in [3.8, 4) is 0 Å². The molecular weight excluding hydrogens is 342 g/mol. The number of anilines is 1. The highest BCUT2D eigenvalue weighted by molar-refractivity contribution is 5.75. The molecule has 0 aliphatic carbocycles. The number of rotatable bonds is 5. The van der Waals surface area contributed by atoms with Crippen LogP contribution in [0, 0.1) is 0 Å². The van der Waals surface area contributed by atoms with Crippen LogP contribution in [0.5, 0.6) is 0 Å². The number of nitrogens with one attached hydrogen (secondary N) is 1. The lowest BCUT2D eigenvalue weighted by molar-refractivity contribution is 0.194. The summed E-state index contributed by atoms with van der Waals surface area (Å²) in [7, 11) is 0. The molecule has 1 saturated heterocycles. The predicted molar refractivity (Wildman–Crippen MR) is 104 cm³/mol. The Kier molecular flexibility index (Phi) is 5.13. The molecule has 8 nitrogen and oxygen atoms in total. The highest BCUT2D eigenvalue weighted by Gasteiger charge is 2.22. The van der Waals surface area contributed by atoms with Gasteiger partial charge in [-0.05, 0) is 24.6 Å². The Morgan fingerprint density at radius 1 is 1.00 bits per heavy atom. The van der Waals surface area contributed by atoms with E-state index < -0.39 is 0 Å². The number of amides is 2. The molecule has 0 atom stereocenters. The number of imidazole rings is 1. The summed E-state index contributed by atoms with van der Waals surface area (Å²) in [5, 5.41) is 3.02. The Hall–Kier alpha value is -3.16. The zero-order valence-corrected chi connectivity index (χ0v) is 15.2. The number of fused-ring (bicyclic) bond motifs is 1. The molecule has 1 aliphatic rings. The number of urea groups is 1. The van der Waals surface area contributed by atoms with Gasteiger partial charge in [0.05, 0.1) is 17.4 Å². The monoisotopic (exact) mass is 365 g/mol. The first-order valence-corrected chi connectivity index (χ1v) is 9.26. The number of piperazine rings is 1.